The van der Waals surface area contributed by atoms with Crippen molar-refractivity contribution in [2.24, 2.45) is 0 Å². The molecule has 0 aromatic heterocycles. The highest BCUT2D eigenvalue weighted by Crippen LogP contribution is 2.40. The minimum Gasteiger partial charge on any atom is -0.456 e. The summed E-state index contributed by atoms with van der Waals surface area (Å²) < 4.78 is 6.12. The molecule has 0 amide bonds. The fourth-order valence-electron chi connectivity index (χ4n) is 3.20. The Morgan fingerprint density at radius 1 is 0.962 bits per heavy atom. The molecule has 1 heterocycles. The van der Waals surface area contributed by atoms with Crippen LogP contribution < -0.4 is 10.3 Å². The molecule has 0 atom stereocenters. The Morgan fingerprint density at radius 2 is 1.73 bits per heavy atom. The third kappa shape index (κ3) is 2.65. The SMILES string of the molecule is CN(C)c1ccc2c(-c3ccc(C=O)cc3)c3ccc(=N)cc-3oc2c1. The molecular formula is C22H18N2O2. The zero-order valence-electron chi connectivity index (χ0n) is 14.6. The number of hydrogen-bond donors (Lipinski definition) is 1. The third-order valence-corrected chi connectivity index (χ3v) is 4.56. The van der Waals surface area contributed by atoms with Crippen molar-refractivity contribution in [2.45, 2.75) is 0 Å². The van der Waals surface area contributed by atoms with Crippen LogP contribution in [0.5, 0.6) is 0 Å². The van der Waals surface area contributed by atoms with Gasteiger partial charge in [0.1, 0.15) is 17.6 Å². The van der Waals surface area contributed by atoms with Crippen molar-refractivity contribution >= 4 is 22.9 Å². The summed E-state index contributed by atoms with van der Waals surface area (Å²) in [6.07, 6.45) is 0.843. The lowest BCUT2D eigenvalue weighted by atomic mass is 9.93. The molecule has 0 bridgehead atoms. The van der Waals surface area contributed by atoms with Crippen molar-refractivity contribution in [2.75, 3.05) is 19.0 Å². The van der Waals surface area contributed by atoms with Crippen molar-refractivity contribution in [3.8, 4) is 22.5 Å². The Kier molecular flexibility index (Phi) is 3.81. The maximum absolute atomic E-state index is 11.0. The monoisotopic (exact) mass is 342 g/mol. The molecule has 1 aliphatic heterocycles. The van der Waals surface area contributed by atoms with Crippen LogP contribution in [0.15, 0.2) is 65.1 Å². The molecule has 4 nitrogen and oxygen atoms in total. The van der Waals surface area contributed by atoms with Gasteiger partial charge in [0.05, 0.1) is 5.36 Å². The second kappa shape index (κ2) is 6.15. The third-order valence-electron chi connectivity index (χ3n) is 4.56. The number of anilines is 1. The summed E-state index contributed by atoms with van der Waals surface area (Å²) in [6.45, 7) is 0. The molecule has 0 saturated heterocycles. The second-order valence-corrected chi connectivity index (χ2v) is 6.50. The highest BCUT2D eigenvalue weighted by atomic mass is 16.3. The Morgan fingerprint density at radius 3 is 2.42 bits per heavy atom. The molecule has 1 N–H and O–H groups in total. The number of fused-ring (bicyclic) bond motifs is 2. The van der Waals surface area contributed by atoms with Gasteiger partial charge < -0.3 is 14.7 Å². The van der Waals surface area contributed by atoms with Crippen LogP contribution in [0.4, 0.5) is 5.69 Å². The molecule has 2 aromatic rings. The van der Waals surface area contributed by atoms with E-state index in [2.05, 4.69) is 12.1 Å². The van der Waals surface area contributed by atoms with Crippen LogP contribution in [0.3, 0.4) is 0 Å². The summed E-state index contributed by atoms with van der Waals surface area (Å²) in [7, 11) is 3.98. The van der Waals surface area contributed by atoms with Gasteiger partial charge in [-0.25, -0.2) is 0 Å². The Hall–Kier alpha value is -3.40. The normalized spacial score (nSPS) is 11.0. The molecular weight excluding hydrogens is 324 g/mol. The van der Waals surface area contributed by atoms with E-state index in [4.69, 9.17) is 9.83 Å². The van der Waals surface area contributed by atoms with E-state index in [1.807, 2.05) is 55.4 Å². The number of rotatable bonds is 3. The first-order valence-electron chi connectivity index (χ1n) is 8.35. The number of nitrogens with zero attached hydrogens (tertiary/aromatic N) is 1. The van der Waals surface area contributed by atoms with Gasteiger partial charge in [0.25, 0.3) is 0 Å². The van der Waals surface area contributed by atoms with E-state index in [9.17, 15) is 4.79 Å². The fraction of sp³-hybridized carbons (Fsp3) is 0.0909. The Labute approximate surface area is 151 Å². The lowest BCUT2D eigenvalue weighted by Crippen LogP contribution is -2.08. The van der Waals surface area contributed by atoms with Crippen molar-refractivity contribution < 1.29 is 9.21 Å². The van der Waals surface area contributed by atoms with E-state index in [1.54, 1.807) is 12.1 Å². The predicted molar refractivity (Wildman–Crippen MR) is 104 cm³/mol. The van der Waals surface area contributed by atoms with Crippen molar-refractivity contribution in [1.29, 1.82) is 5.41 Å². The van der Waals surface area contributed by atoms with Gasteiger partial charge in [-0.15, -0.1) is 0 Å². The van der Waals surface area contributed by atoms with Gasteiger partial charge >= 0.3 is 0 Å². The second-order valence-electron chi connectivity index (χ2n) is 6.50. The average Bonchev–Trinajstić information content (AvgIpc) is 2.65. The molecule has 1 aliphatic carbocycles. The average molecular weight is 342 g/mol. The highest BCUT2D eigenvalue weighted by molar-refractivity contribution is 6.02. The summed E-state index contributed by atoms with van der Waals surface area (Å²) >= 11 is 0. The van der Waals surface area contributed by atoms with E-state index >= 15 is 0 Å². The van der Waals surface area contributed by atoms with E-state index < -0.39 is 0 Å². The molecule has 4 heteroatoms. The number of benzene rings is 3. The molecule has 26 heavy (non-hydrogen) atoms. The fourth-order valence-corrected chi connectivity index (χ4v) is 3.20. The van der Waals surface area contributed by atoms with Gasteiger partial charge in [-0.1, -0.05) is 24.3 Å². The largest absolute Gasteiger partial charge is 0.456 e. The maximum Gasteiger partial charge on any atom is 0.150 e. The summed E-state index contributed by atoms with van der Waals surface area (Å²) in [4.78, 5) is 13.0. The van der Waals surface area contributed by atoms with E-state index in [1.165, 1.54) is 0 Å². The zero-order chi connectivity index (χ0) is 18.3. The predicted octanol–water partition coefficient (Wildman–Crippen LogP) is 4.56. The van der Waals surface area contributed by atoms with Crippen LogP contribution >= 0.6 is 0 Å². The van der Waals surface area contributed by atoms with Gasteiger partial charge in [-0.05, 0) is 29.8 Å². The molecule has 2 aromatic carbocycles. The standard InChI is InChI=1S/C22H18N2O2/c1-24(2)17-8-10-19-21(12-17)26-20-11-16(23)7-9-18(20)22(19)15-5-3-14(13-25)4-6-15/h3-13,23H,1-2H3. The summed E-state index contributed by atoms with van der Waals surface area (Å²) in [6, 6.07) is 19.1. The Balaban J connectivity index is 2.09. The molecule has 4 rings (SSSR count). The first-order chi connectivity index (χ1) is 12.6. The van der Waals surface area contributed by atoms with Crippen LogP contribution in [-0.4, -0.2) is 20.4 Å². The van der Waals surface area contributed by atoms with Crippen LogP contribution in [0.25, 0.3) is 33.4 Å². The number of carbonyl (C=O) groups is 1. The maximum atomic E-state index is 11.0. The molecule has 0 unspecified atom stereocenters. The molecule has 0 fully saturated rings. The van der Waals surface area contributed by atoms with E-state index in [0.29, 0.717) is 16.7 Å². The summed E-state index contributed by atoms with van der Waals surface area (Å²) in [5.74, 6) is 0.676. The van der Waals surface area contributed by atoms with Crippen LogP contribution in [0.1, 0.15) is 10.4 Å². The Bertz CT molecular complexity index is 1140. The zero-order valence-corrected chi connectivity index (χ0v) is 14.6. The van der Waals surface area contributed by atoms with Crippen LogP contribution in [-0.2, 0) is 0 Å². The van der Waals surface area contributed by atoms with Gasteiger partial charge in [-0.2, -0.15) is 0 Å². The lowest BCUT2D eigenvalue weighted by Gasteiger charge is -2.18. The number of nitrogens with one attached hydrogen (secondary N) is 1. The first kappa shape index (κ1) is 16.1. The van der Waals surface area contributed by atoms with Crippen LogP contribution in [0.2, 0.25) is 0 Å². The minimum absolute atomic E-state index is 0.409. The molecule has 2 aliphatic rings. The van der Waals surface area contributed by atoms with Gasteiger partial charge in [0.2, 0.25) is 0 Å². The molecule has 128 valence electrons. The van der Waals surface area contributed by atoms with E-state index in [0.717, 1.165) is 39.6 Å². The number of hydrogen-bond acceptors (Lipinski definition) is 4. The van der Waals surface area contributed by atoms with Crippen molar-refractivity contribution in [3.05, 3.63) is 71.6 Å². The quantitative estimate of drug-likeness (QED) is 0.438. The molecule has 0 radical (unpaired) electrons. The summed E-state index contributed by atoms with van der Waals surface area (Å²) in [5.41, 5.74) is 5.46. The lowest BCUT2D eigenvalue weighted by molar-refractivity contribution is 0.112. The van der Waals surface area contributed by atoms with E-state index in [-0.39, 0.29) is 0 Å². The topological polar surface area (TPSA) is 57.3 Å². The van der Waals surface area contributed by atoms with Crippen LogP contribution in [0, 0.1) is 5.41 Å². The molecule has 0 spiro atoms. The van der Waals surface area contributed by atoms with Gasteiger partial charge in [-0.3, -0.25) is 4.79 Å². The number of carbonyl (C=O) groups excluding carboxylic acids is 1. The van der Waals surface area contributed by atoms with Crippen molar-refractivity contribution in [3.63, 3.8) is 0 Å². The first-order valence-corrected chi connectivity index (χ1v) is 8.35. The number of aldehydes is 1. The molecule has 0 saturated carbocycles. The van der Waals surface area contributed by atoms with Gasteiger partial charge in [0, 0.05) is 54.0 Å². The van der Waals surface area contributed by atoms with Gasteiger partial charge in [0.15, 0.2) is 0 Å². The summed E-state index contributed by atoms with van der Waals surface area (Å²) in [5, 5.41) is 9.33. The highest BCUT2D eigenvalue weighted by Gasteiger charge is 2.17. The van der Waals surface area contributed by atoms with Crippen molar-refractivity contribution in [1.82, 2.24) is 0 Å². The smallest absolute Gasteiger partial charge is 0.150 e. The minimum atomic E-state index is 0.409.